The van der Waals surface area contributed by atoms with Crippen LogP contribution in [0.4, 0.5) is 0 Å². The Morgan fingerprint density at radius 2 is 1.81 bits per heavy atom. The molecule has 3 heterocycles. The SMILES string of the molecule is O=C(Cc1cccc(-c2nc3ccccc3o2)c1)c1cc2c(c(-c3cc4ccccc4s3)c1)CN=C2. The number of ketones is 1. The number of carbonyl (C=O) groups is 1. The van der Waals surface area contributed by atoms with Crippen molar-refractivity contribution < 1.29 is 9.21 Å². The number of benzene rings is 4. The molecule has 0 saturated carbocycles. The average Bonchev–Trinajstić information content (AvgIpc) is 3.65. The van der Waals surface area contributed by atoms with E-state index in [9.17, 15) is 4.79 Å². The first-order chi connectivity index (χ1) is 17.7. The molecule has 0 N–H and O–H groups in total. The normalized spacial score (nSPS) is 12.4. The molecule has 0 amide bonds. The molecular weight excluding hydrogens is 464 g/mol. The fourth-order valence-corrected chi connectivity index (χ4v) is 5.92. The maximum atomic E-state index is 13.5. The summed E-state index contributed by atoms with van der Waals surface area (Å²) in [5.74, 6) is 0.640. The number of aliphatic imine (C=N–C) groups is 1. The predicted octanol–water partition coefficient (Wildman–Crippen LogP) is 7.73. The first kappa shape index (κ1) is 21.0. The van der Waals surface area contributed by atoms with Crippen molar-refractivity contribution in [2.75, 3.05) is 0 Å². The van der Waals surface area contributed by atoms with Gasteiger partial charge in [0.1, 0.15) is 5.52 Å². The lowest BCUT2D eigenvalue weighted by atomic mass is 9.94. The van der Waals surface area contributed by atoms with E-state index in [4.69, 9.17) is 4.42 Å². The number of hydrogen-bond donors (Lipinski definition) is 0. The number of para-hydroxylation sites is 2. The van der Waals surface area contributed by atoms with E-state index in [2.05, 4.69) is 40.3 Å². The van der Waals surface area contributed by atoms with E-state index >= 15 is 0 Å². The molecule has 36 heavy (non-hydrogen) atoms. The molecule has 0 unspecified atom stereocenters. The molecule has 0 radical (unpaired) electrons. The fourth-order valence-electron chi connectivity index (χ4n) is 4.81. The van der Waals surface area contributed by atoms with Crippen LogP contribution in [0.15, 0.2) is 100 Å². The van der Waals surface area contributed by atoms with Gasteiger partial charge in [0, 0.05) is 33.3 Å². The fraction of sp³-hybridized carbons (Fsp3) is 0.0645. The van der Waals surface area contributed by atoms with Gasteiger partial charge in [-0.15, -0.1) is 11.3 Å². The molecule has 0 spiro atoms. The Morgan fingerprint density at radius 3 is 2.72 bits per heavy atom. The Bertz CT molecular complexity index is 1760. The molecule has 2 aromatic heterocycles. The van der Waals surface area contributed by atoms with Crippen LogP contribution in [0.25, 0.3) is 43.1 Å². The third-order valence-electron chi connectivity index (χ3n) is 6.61. The summed E-state index contributed by atoms with van der Waals surface area (Å²) in [5.41, 5.74) is 7.41. The molecule has 0 saturated heterocycles. The summed E-state index contributed by atoms with van der Waals surface area (Å²) in [6.07, 6.45) is 2.19. The molecule has 0 atom stereocenters. The van der Waals surface area contributed by atoms with Gasteiger partial charge in [0.2, 0.25) is 5.89 Å². The summed E-state index contributed by atoms with van der Waals surface area (Å²) in [6, 6.07) is 30.2. The van der Waals surface area contributed by atoms with Crippen LogP contribution in [0.3, 0.4) is 0 Å². The lowest BCUT2D eigenvalue weighted by Gasteiger charge is -2.10. The van der Waals surface area contributed by atoms with Gasteiger partial charge in [0.05, 0.1) is 6.54 Å². The van der Waals surface area contributed by atoms with Gasteiger partial charge in [-0.2, -0.15) is 0 Å². The summed E-state index contributed by atoms with van der Waals surface area (Å²) in [5, 5.41) is 1.22. The van der Waals surface area contributed by atoms with Gasteiger partial charge in [0.15, 0.2) is 11.4 Å². The van der Waals surface area contributed by atoms with Crippen molar-refractivity contribution >= 4 is 44.5 Å². The average molecular weight is 485 g/mol. The maximum absolute atomic E-state index is 13.5. The number of rotatable bonds is 5. The molecule has 0 bridgehead atoms. The smallest absolute Gasteiger partial charge is 0.227 e. The van der Waals surface area contributed by atoms with Gasteiger partial charge in [-0.3, -0.25) is 9.79 Å². The summed E-state index contributed by atoms with van der Waals surface area (Å²) in [4.78, 5) is 23.7. The summed E-state index contributed by atoms with van der Waals surface area (Å²) >= 11 is 1.76. The number of hydrogen-bond acceptors (Lipinski definition) is 5. The molecule has 1 aliphatic rings. The topological polar surface area (TPSA) is 55.5 Å². The second-order valence-corrected chi connectivity index (χ2v) is 10.1. The van der Waals surface area contributed by atoms with Crippen LogP contribution in [0.2, 0.25) is 0 Å². The van der Waals surface area contributed by atoms with Crippen molar-refractivity contribution in [3.63, 3.8) is 0 Å². The molecule has 1 aliphatic heterocycles. The monoisotopic (exact) mass is 484 g/mol. The highest BCUT2D eigenvalue weighted by Crippen LogP contribution is 2.38. The van der Waals surface area contributed by atoms with Crippen LogP contribution in [0.5, 0.6) is 0 Å². The Kier molecular flexibility index (Phi) is 4.89. The quantitative estimate of drug-likeness (QED) is 0.235. The van der Waals surface area contributed by atoms with Crippen molar-refractivity contribution in [1.82, 2.24) is 4.98 Å². The van der Waals surface area contributed by atoms with Crippen molar-refractivity contribution in [3.8, 4) is 21.9 Å². The highest BCUT2D eigenvalue weighted by Gasteiger charge is 2.19. The van der Waals surface area contributed by atoms with E-state index in [1.165, 1.54) is 20.5 Å². The highest BCUT2D eigenvalue weighted by atomic mass is 32.1. The molecule has 5 heteroatoms. The minimum atomic E-state index is 0.0789. The molecule has 6 aromatic rings. The lowest BCUT2D eigenvalue weighted by Crippen LogP contribution is -2.06. The summed E-state index contributed by atoms with van der Waals surface area (Å²) in [7, 11) is 0. The van der Waals surface area contributed by atoms with Crippen molar-refractivity contribution in [3.05, 3.63) is 113 Å². The van der Waals surface area contributed by atoms with Gasteiger partial charge in [-0.05, 0) is 76.2 Å². The van der Waals surface area contributed by atoms with E-state index in [-0.39, 0.29) is 5.78 Å². The number of oxazole rings is 1. The maximum Gasteiger partial charge on any atom is 0.227 e. The molecule has 172 valence electrons. The molecule has 0 fully saturated rings. The van der Waals surface area contributed by atoms with E-state index < -0.39 is 0 Å². The molecule has 7 rings (SSSR count). The zero-order chi connectivity index (χ0) is 24.1. The second-order valence-electron chi connectivity index (χ2n) is 9.00. The first-order valence-electron chi connectivity index (χ1n) is 11.8. The standard InChI is InChI=1S/C31H20N2O2S/c34-27(13-19-6-5-8-21(12-19)31-33-26-9-2-3-10-28(26)35-31)22-14-23-17-32-18-25(23)24(15-22)30-16-20-7-1-4-11-29(20)36-30/h1-12,14-17H,13,18H2. The number of Topliss-reactive ketones (excluding diaryl/α,β-unsaturated/α-hetero) is 1. The Balaban J connectivity index is 1.22. The Hall–Kier alpha value is -4.35. The molecule has 4 nitrogen and oxygen atoms in total. The molecule has 0 aliphatic carbocycles. The number of thiophene rings is 1. The van der Waals surface area contributed by atoms with E-state index in [1.807, 2.05) is 66.9 Å². The third kappa shape index (κ3) is 3.65. The Labute approximate surface area is 211 Å². The van der Waals surface area contributed by atoms with Crippen LogP contribution < -0.4 is 0 Å². The first-order valence-corrected chi connectivity index (χ1v) is 12.7. The van der Waals surface area contributed by atoms with Crippen molar-refractivity contribution in [2.24, 2.45) is 4.99 Å². The largest absolute Gasteiger partial charge is 0.436 e. The van der Waals surface area contributed by atoms with Crippen LogP contribution in [0.1, 0.15) is 27.0 Å². The van der Waals surface area contributed by atoms with E-state index in [1.54, 1.807) is 11.3 Å². The molecular formula is C31H20N2O2S. The van der Waals surface area contributed by atoms with E-state index in [0.717, 1.165) is 33.4 Å². The van der Waals surface area contributed by atoms with Gasteiger partial charge in [-0.25, -0.2) is 4.98 Å². The number of fused-ring (bicyclic) bond motifs is 3. The third-order valence-corrected chi connectivity index (χ3v) is 7.76. The van der Waals surface area contributed by atoms with Gasteiger partial charge < -0.3 is 4.42 Å². The number of carbonyl (C=O) groups excluding carboxylic acids is 1. The van der Waals surface area contributed by atoms with Crippen molar-refractivity contribution in [2.45, 2.75) is 13.0 Å². The summed E-state index contributed by atoms with van der Waals surface area (Å²) < 4.78 is 7.17. The predicted molar refractivity (Wildman–Crippen MR) is 146 cm³/mol. The second kappa shape index (κ2) is 8.40. The number of nitrogens with zero attached hydrogens (tertiary/aromatic N) is 2. The Morgan fingerprint density at radius 1 is 0.917 bits per heavy atom. The lowest BCUT2D eigenvalue weighted by molar-refractivity contribution is 0.0993. The number of aromatic nitrogens is 1. The van der Waals surface area contributed by atoms with Crippen molar-refractivity contribution in [1.29, 1.82) is 0 Å². The zero-order valence-corrected chi connectivity index (χ0v) is 20.1. The van der Waals surface area contributed by atoms with Gasteiger partial charge in [0.25, 0.3) is 0 Å². The van der Waals surface area contributed by atoms with E-state index in [0.29, 0.717) is 24.4 Å². The van der Waals surface area contributed by atoms with Crippen LogP contribution in [-0.4, -0.2) is 17.0 Å². The minimum Gasteiger partial charge on any atom is -0.436 e. The highest BCUT2D eigenvalue weighted by molar-refractivity contribution is 7.22. The van der Waals surface area contributed by atoms with Crippen LogP contribution in [0, 0.1) is 0 Å². The summed E-state index contributed by atoms with van der Waals surface area (Å²) in [6.45, 7) is 0.653. The minimum absolute atomic E-state index is 0.0789. The van der Waals surface area contributed by atoms with Crippen LogP contribution in [-0.2, 0) is 13.0 Å². The zero-order valence-electron chi connectivity index (χ0n) is 19.3. The van der Waals surface area contributed by atoms with Crippen LogP contribution >= 0.6 is 11.3 Å². The van der Waals surface area contributed by atoms with Gasteiger partial charge in [-0.1, -0.05) is 42.5 Å². The van der Waals surface area contributed by atoms with Gasteiger partial charge >= 0.3 is 0 Å². The molecule has 4 aromatic carbocycles.